The Morgan fingerprint density at radius 2 is 2.42 bits per heavy atom. The lowest BCUT2D eigenvalue weighted by Gasteiger charge is -1.91. The number of fused-ring (bicyclic) bond motifs is 1. The summed E-state index contributed by atoms with van der Waals surface area (Å²) in [7, 11) is 1.56. The summed E-state index contributed by atoms with van der Waals surface area (Å²) in [5.41, 5.74) is 0.590. The van der Waals surface area contributed by atoms with Crippen LogP contribution in [0.1, 0.15) is 0 Å². The molecule has 5 heteroatoms. The Labute approximate surface area is 66.7 Å². The molecule has 0 aromatic carbocycles. The van der Waals surface area contributed by atoms with E-state index in [0.29, 0.717) is 11.2 Å². The van der Waals surface area contributed by atoms with Gasteiger partial charge >= 0.3 is 5.69 Å². The number of nitrogens with one attached hydrogen (secondary N) is 1. The second kappa shape index (κ2) is 2.17. The summed E-state index contributed by atoms with van der Waals surface area (Å²) in [6.45, 7) is 0. The lowest BCUT2D eigenvalue weighted by Crippen LogP contribution is -2.11. The van der Waals surface area contributed by atoms with Gasteiger partial charge in [-0.05, 0) is 0 Å². The quantitative estimate of drug-likeness (QED) is 0.617. The fraction of sp³-hybridized carbons (Fsp3) is 0.143. The monoisotopic (exact) mass is 167 g/mol. The Morgan fingerprint density at radius 3 is 3.17 bits per heavy atom. The first-order chi connectivity index (χ1) is 5.68. The van der Waals surface area contributed by atoms with Gasteiger partial charge in [0.25, 0.3) is 0 Å². The lowest BCUT2D eigenvalue weighted by molar-refractivity contribution is 0.623. The van der Waals surface area contributed by atoms with Crippen LogP contribution >= 0.6 is 0 Å². The van der Waals surface area contributed by atoms with Crippen molar-refractivity contribution in [1.82, 2.24) is 14.5 Å². The van der Waals surface area contributed by atoms with E-state index < -0.39 is 5.82 Å². The van der Waals surface area contributed by atoms with E-state index in [-0.39, 0.29) is 5.69 Å². The molecule has 0 amide bonds. The van der Waals surface area contributed by atoms with Crippen LogP contribution in [0.4, 0.5) is 4.39 Å². The number of rotatable bonds is 0. The Kier molecular flexibility index (Phi) is 1.27. The molecule has 0 bridgehead atoms. The molecule has 0 aliphatic rings. The number of hydrogen-bond acceptors (Lipinski definition) is 2. The molecular formula is C7H6FN3O. The van der Waals surface area contributed by atoms with E-state index in [4.69, 9.17) is 0 Å². The molecule has 1 N–H and O–H groups in total. The van der Waals surface area contributed by atoms with E-state index in [1.165, 1.54) is 10.6 Å². The van der Waals surface area contributed by atoms with Crippen LogP contribution in [0, 0.1) is 5.82 Å². The van der Waals surface area contributed by atoms with Crippen molar-refractivity contribution in [3.8, 4) is 0 Å². The van der Waals surface area contributed by atoms with Gasteiger partial charge in [0.1, 0.15) is 5.82 Å². The first-order valence-corrected chi connectivity index (χ1v) is 3.39. The molecule has 2 aromatic heterocycles. The Hall–Kier alpha value is -1.65. The molecule has 0 aliphatic carbocycles. The van der Waals surface area contributed by atoms with E-state index >= 15 is 0 Å². The van der Waals surface area contributed by atoms with E-state index in [0.717, 1.165) is 6.20 Å². The van der Waals surface area contributed by atoms with E-state index in [1.54, 1.807) is 7.05 Å². The number of H-pyrrole nitrogens is 1. The molecule has 0 saturated heterocycles. The van der Waals surface area contributed by atoms with Crippen LogP contribution in [0.25, 0.3) is 11.2 Å². The summed E-state index contributed by atoms with van der Waals surface area (Å²) in [5, 5.41) is 0. The Balaban J connectivity index is 2.98. The number of pyridine rings is 1. The van der Waals surface area contributed by atoms with Gasteiger partial charge in [-0.3, -0.25) is 9.55 Å². The average molecular weight is 167 g/mol. The van der Waals surface area contributed by atoms with Crippen LogP contribution in [0.5, 0.6) is 0 Å². The largest absolute Gasteiger partial charge is 0.327 e. The summed E-state index contributed by atoms with van der Waals surface area (Å²) in [6, 6.07) is 1.26. The number of hydrogen-bond donors (Lipinski definition) is 1. The van der Waals surface area contributed by atoms with Crippen LogP contribution in [0.2, 0.25) is 0 Å². The zero-order valence-electron chi connectivity index (χ0n) is 6.34. The summed E-state index contributed by atoms with van der Waals surface area (Å²) in [6.07, 6.45) is 1.07. The fourth-order valence-corrected chi connectivity index (χ4v) is 1.08. The molecule has 12 heavy (non-hydrogen) atoms. The van der Waals surface area contributed by atoms with Crippen molar-refractivity contribution in [1.29, 1.82) is 0 Å². The third-order valence-electron chi connectivity index (χ3n) is 1.73. The third-order valence-corrected chi connectivity index (χ3v) is 1.73. The number of halogens is 1. The lowest BCUT2D eigenvalue weighted by atomic mass is 10.4. The Bertz CT molecular complexity index is 485. The fourth-order valence-electron chi connectivity index (χ4n) is 1.08. The summed E-state index contributed by atoms with van der Waals surface area (Å²) < 4.78 is 13.9. The SMILES string of the molecule is Cn1c(=O)[nH]c2ncc(F)cc21. The maximum Gasteiger partial charge on any atom is 0.327 e. The number of aromatic amines is 1. The smallest absolute Gasteiger partial charge is 0.293 e. The second-order valence-corrected chi connectivity index (χ2v) is 2.51. The molecule has 0 saturated carbocycles. The molecule has 0 atom stereocenters. The summed E-state index contributed by atoms with van der Waals surface area (Å²) >= 11 is 0. The molecule has 0 fully saturated rings. The molecule has 4 nitrogen and oxygen atoms in total. The van der Waals surface area contributed by atoms with Crippen LogP contribution in [0.3, 0.4) is 0 Å². The van der Waals surface area contributed by atoms with Crippen molar-refractivity contribution in [3.05, 3.63) is 28.6 Å². The van der Waals surface area contributed by atoms with Gasteiger partial charge in [-0.1, -0.05) is 0 Å². The van der Waals surface area contributed by atoms with Gasteiger partial charge in [-0.2, -0.15) is 0 Å². The molecular weight excluding hydrogens is 161 g/mol. The minimum atomic E-state index is -0.447. The number of imidazole rings is 1. The maximum atomic E-state index is 12.6. The number of nitrogens with zero attached hydrogens (tertiary/aromatic N) is 2. The molecule has 2 rings (SSSR count). The molecule has 0 radical (unpaired) electrons. The van der Waals surface area contributed by atoms with Crippen LogP contribution in [-0.4, -0.2) is 14.5 Å². The van der Waals surface area contributed by atoms with Crippen LogP contribution < -0.4 is 5.69 Å². The minimum Gasteiger partial charge on any atom is -0.293 e. The minimum absolute atomic E-state index is 0.289. The highest BCUT2D eigenvalue weighted by Crippen LogP contribution is 2.06. The molecule has 2 heterocycles. The van der Waals surface area contributed by atoms with Gasteiger partial charge < -0.3 is 0 Å². The number of aromatic nitrogens is 3. The first kappa shape index (κ1) is 7.02. The highest BCUT2D eigenvalue weighted by Gasteiger charge is 2.03. The molecule has 0 spiro atoms. The van der Waals surface area contributed by atoms with Gasteiger partial charge in [-0.25, -0.2) is 14.2 Å². The summed E-state index contributed by atoms with van der Waals surface area (Å²) in [5.74, 6) is -0.447. The average Bonchev–Trinajstić information content (AvgIpc) is 2.31. The van der Waals surface area contributed by atoms with Crippen molar-refractivity contribution in [2.75, 3.05) is 0 Å². The van der Waals surface area contributed by atoms with Gasteiger partial charge in [0.15, 0.2) is 5.65 Å². The summed E-state index contributed by atoms with van der Waals surface area (Å²) in [4.78, 5) is 17.2. The van der Waals surface area contributed by atoms with Gasteiger partial charge in [0, 0.05) is 13.1 Å². The topological polar surface area (TPSA) is 50.7 Å². The van der Waals surface area contributed by atoms with E-state index in [2.05, 4.69) is 9.97 Å². The number of aryl methyl sites for hydroxylation is 1. The normalized spacial score (nSPS) is 10.8. The zero-order valence-corrected chi connectivity index (χ0v) is 6.34. The van der Waals surface area contributed by atoms with Crippen molar-refractivity contribution >= 4 is 11.2 Å². The standard InChI is InChI=1S/C7H6FN3O/c1-11-5-2-4(8)3-9-6(5)10-7(11)12/h2-3H,1H3,(H,9,10,12). The highest BCUT2D eigenvalue weighted by atomic mass is 19.1. The zero-order chi connectivity index (χ0) is 8.72. The molecule has 2 aromatic rings. The second-order valence-electron chi connectivity index (χ2n) is 2.51. The first-order valence-electron chi connectivity index (χ1n) is 3.39. The van der Waals surface area contributed by atoms with Crippen LogP contribution in [0.15, 0.2) is 17.1 Å². The Morgan fingerprint density at radius 1 is 1.67 bits per heavy atom. The third kappa shape index (κ3) is 0.827. The molecule has 0 aliphatic heterocycles. The van der Waals surface area contributed by atoms with Gasteiger partial charge in [-0.15, -0.1) is 0 Å². The maximum absolute atomic E-state index is 12.6. The van der Waals surface area contributed by atoms with E-state index in [9.17, 15) is 9.18 Å². The molecule has 62 valence electrons. The van der Waals surface area contributed by atoms with Crippen molar-refractivity contribution in [2.45, 2.75) is 0 Å². The predicted octanol–water partition coefficient (Wildman–Crippen LogP) is 0.401. The van der Waals surface area contributed by atoms with Crippen molar-refractivity contribution in [3.63, 3.8) is 0 Å². The van der Waals surface area contributed by atoms with Gasteiger partial charge in [0.2, 0.25) is 0 Å². The predicted molar refractivity (Wildman–Crippen MR) is 41.3 cm³/mol. The highest BCUT2D eigenvalue weighted by molar-refractivity contribution is 5.70. The van der Waals surface area contributed by atoms with Gasteiger partial charge in [0.05, 0.1) is 11.7 Å². The van der Waals surface area contributed by atoms with Crippen molar-refractivity contribution in [2.24, 2.45) is 7.05 Å². The van der Waals surface area contributed by atoms with E-state index in [1.807, 2.05) is 0 Å². The molecule has 0 unspecified atom stereocenters. The van der Waals surface area contributed by atoms with Crippen molar-refractivity contribution < 1.29 is 4.39 Å². The van der Waals surface area contributed by atoms with Crippen LogP contribution in [-0.2, 0) is 7.05 Å².